The summed E-state index contributed by atoms with van der Waals surface area (Å²) in [6, 6.07) is 0. The number of carbonyl (C=O) groups is 1. The van der Waals surface area contributed by atoms with Crippen molar-refractivity contribution in [1.82, 2.24) is 0 Å². The van der Waals surface area contributed by atoms with Gasteiger partial charge >= 0.3 is 17.6 Å². The number of unbranched alkanes of at least 4 members (excludes halogenated alkanes) is 8. The highest BCUT2D eigenvalue weighted by Gasteiger charge is 2.44. The molecule has 0 aliphatic carbocycles. The fourth-order valence-corrected chi connectivity index (χ4v) is 9.32. The fourth-order valence-electron chi connectivity index (χ4n) is 4.79. The van der Waals surface area contributed by atoms with E-state index in [-0.39, 0.29) is 0 Å². The molecule has 0 aromatic rings. The zero-order valence-corrected chi connectivity index (χ0v) is 25.4. The lowest BCUT2D eigenvalue weighted by Gasteiger charge is -2.30. The van der Waals surface area contributed by atoms with Crippen molar-refractivity contribution < 1.29 is 31.4 Å². The Morgan fingerprint density at radius 2 is 0.765 bits per heavy atom. The SMILES string of the molecule is CO[Si](OC)(OC)C(C)CCCCCCCC(=O)CCCCCCCC(C)[Si](OC)(OC)OC. The maximum Gasteiger partial charge on any atom is 0.503 e. The third kappa shape index (κ3) is 12.2. The summed E-state index contributed by atoms with van der Waals surface area (Å²) in [7, 11) is 5.02. The highest BCUT2D eigenvalue weighted by Crippen LogP contribution is 2.30. The van der Waals surface area contributed by atoms with Crippen LogP contribution in [0.5, 0.6) is 0 Å². The Labute approximate surface area is 212 Å². The smallest absolute Gasteiger partial charge is 0.377 e. The molecule has 0 N–H and O–H groups in total. The average molecular weight is 523 g/mol. The zero-order chi connectivity index (χ0) is 25.9. The third-order valence-corrected chi connectivity index (χ3v) is 13.5. The van der Waals surface area contributed by atoms with Gasteiger partial charge in [-0.2, -0.15) is 0 Å². The van der Waals surface area contributed by atoms with E-state index in [1.165, 1.54) is 25.7 Å². The minimum atomic E-state index is -2.51. The van der Waals surface area contributed by atoms with Gasteiger partial charge in [0.1, 0.15) is 5.78 Å². The van der Waals surface area contributed by atoms with E-state index in [1.54, 1.807) is 42.7 Å². The van der Waals surface area contributed by atoms with Gasteiger partial charge in [-0.25, -0.2) is 0 Å². The summed E-state index contributed by atoms with van der Waals surface area (Å²) in [4.78, 5) is 12.1. The molecule has 0 rings (SSSR count). The molecule has 2 unspecified atom stereocenters. The van der Waals surface area contributed by atoms with E-state index in [2.05, 4.69) is 13.8 Å². The highest BCUT2D eigenvalue weighted by molar-refractivity contribution is 6.62. The van der Waals surface area contributed by atoms with Crippen molar-refractivity contribution in [2.75, 3.05) is 42.7 Å². The molecule has 0 saturated carbocycles. The molecule has 204 valence electrons. The van der Waals surface area contributed by atoms with Gasteiger partial charge < -0.3 is 26.6 Å². The van der Waals surface area contributed by atoms with Crippen LogP contribution in [0.2, 0.25) is 11.1 Å². The molecule has 0 aliphatic heterocycles. The summed E-state index contributed by atoms with van der Waals surface area (Å²) in [5.74, 6) is 0.425. The standard InChI is InChI=1S/C25H54O7Si2/c1-23(33(27-3,28-4)29-5)19-15-11-9-13-17-21-25(26)22-18-14-10-12-16-20-24(2)34(30-6,31-7)32-8/h23-24H,9-22H2,1-8H3. The highest BCUT2D eigenvalue weighted by atomic mass is 28.4. The van der Waals surface area contributed by atoms with Gasteiger partial charge in [0.25, 0.3) is 0 Å². The Morgan fingerprint density at radius 1 is 0.500 bits per heavy atom. The molecule has 0 bridgehead atoms. The van der Waals surface area contributed by atoms with Crippen LogP contribution < -0.4 is 0 Å². The van der Waals surface area contributed by atoms with Gasteiger partial charge in [-0.3, -0.25) is 4.79 Å². The molecule has 7 nitrogen and oxygen atoms in total. The lowest BCUT2D eigenvalue weighted by Crippen LogP contribution is -2.46. The molecule has 0 aromatic heterocycles. The van der Waals surface area contributed by atoms with E-state index in [1.807, 2.05) is 0 Å². The quantitative estimate of drug-likeness (QED) is 0.105. The molecule has 0 spiro atoms. The lowest BCUT2D eigenvalue weighted by molar-refractivity contribution is -0.119. The van der Waals surface area contributed by atoms with Crippen LogP contribution in [0.1, 0.15) is 104 Å². The predicted octanol–water partition coefficient (Wildman–Crippen LogP) is 6.55. The van der Waals surface area contributed by atoms with Crippen molar-refractivity contribution >= 4 is 23.4 Å². The van der Waals surface area contributed by atoms with Gasteiger partial charge in [0.15, 0.2) is 0 Å². The van der Waals surface area contributed by atoms with Gasteiger partial charge in [-0.15, -0.1) is 0 Å². The Morgan fingerprint density at radius 3 is 1.06 bits per heavy atom. The summed E-state index contributed by atoms with van der Waals surface area (Å²) in [5, 5.41) is 0. The monoisotopic (exact) mass is 522 g/mol. The second-order valence-electron chi connectivity index (χ2n) is 9.39. The summed E-state index contributed by atoms with van der Waals surface area (Å²) in [6.45, 7) is 4.30. The molecule has 9 heteroatoms. The molecule has 34 heavy (non-hydrogen) atoms. The van der Waals surface area contributed by atoms with Crippen molar-refractivity contribution in [2.24, 2.45) is 0 Å². The lowest BCUT2D eigenvalue weighted by atomic mass is 10.0. The summed E-state index contributed by atoms with van der Waals surface area (Å²) in [5.41, 5.74) is 0.600. The number of Topliss-reactive ketones (excluding diaryl/α,β-unsaturated/α-hetero) is 1. The van der Waals surface area contributed by atoms with E-state index in [9.17, 15) is 4.79 Å². The first kappa shape index (κ1) is 33.9. The van der Waals surface area contributed by atoms with Crippen LogP contribution in [0, 0.1) is 0 Å². The van der Waals surface area contributed by atoms with E-state index in [0.717, 1.165) is 64.2 Å². The number of hydrogen-bond donors (Lipinski definition) is 0. The Balaban J connectivity index is 3.71. The maximum absolute atomic E-state index is 12.1. The predicted molar refractivity (Wildman–Crippen MR) is 142 cm³/mol. The topological polar surface area (TPSA) is 72.5 Å². The molecular formula is C25H54O7Si2. The van der Waals surface area contributed by atoms with E-state index in [4.69, 9.17) is 26.6 Å². The van der Waals surface area contributed by atoms with Crippen molar-refractivity contribution in [3.8, 4) is 0 Å². The van der Waals surface area contributed by atoms with Crippen LogP contribution in [0.15, 0.2) is 0 Å². The Bertz CT molecular complexity index is 441. The zero-order valence-electron chi connectivity index (χ0n) is 23.4. The fraction of sp³-hybridized carbons (Fsp3) is 0.960. The summed E-state index contributed by atoms with van der Waals surface area (Å²) in [6.07, 6.45) is 14.9. The first-order valence-corrected chi connectivity index (χ1v) is 16.7. The maximum atomic E-state index is 12.1. The second kappa shape index (κ2) is 20.0. The first-order chi connectivity index (χ1) is 16.3. The Kier molecular flexibility index (Phi) is 19.9. The minimum Gasteiger partial charge on any atom is -0.377 e. The molecule has 0 radical (unpaired) electrons. The van der Waals surface area contributed by atoms with Gasteiger partial charge in [0, 0.05) is 66.6 Å². The van der Waals surface area contributed by atoms with Crippen LogP contribution >= 0.6 is 0 Å². The molecular weight excluding hydrogens is 468 g/mol. The largest absolute Gasteiger partial charge is 0.503 e. The van der Waals surface area contributed by atoms with Crippen LogP contribution in [0.3, 0.4) is 0 Å². The van der Waals surface area contributed by atoms with Crippen LogP contribution in [-0.2, 0) is 31.4 Å². The van der Waals surface area contributed by atoms with Gasteiger partial charge in [-0.1, -0.05) is 65.2 Å². The molecule has 2 atom stereocenters. The van der Waals surface area contributed by atoms with E-state index in [0.29, 0.717) is 16.9 Å². The number of rotatable bonds is 24. The molecule has 0 saturated heterocycles. The Hall–Kier alpha value is -0.136. The molecule has 0 heterocycles. The third-order valence-electron chi connectivity index (χ3n) is 7.10. The normalized spacial score (nSPS) is 14.4. The number of carbonyl (C=O) groups excluding carboxylic acids is 1. The van der Waals surface area contributed by atoms with Crippen LogP contribution in [0.25, 0.3) is 0 Å². The molecule has 0 fully saturated rings. The minimum absolute atomic E-state index is 0.300. The first-order valence-electron chi connectivity index (χ1n) is 13.1. The molecule has 0 aromatic carbocycles. The average Bonchev–Trinajstić information content (AvgIpc) is 2.85. The van der Waals surface area contributed by atoms with E-state index >= 15 is 0 Å². The number of hydrogen-bond acceptors (Lipinski definition) is 7. The van der Waals surface area contributed by atoms with E-state index < -0.39 is 17.6 Å². The summed E-state index contributed by atoms with van der Waals surface area (Å²) < 4.78 is 33.3. The van der Waals surface area contributed by atoms with Crippen molar-refractivity contribution in [2.45, 2.75) is 115 Å². The van der Waals surface area contributed by atoms with Crippen LogP contribution in [-0.4, -0.2) is 66.1 Å². The van der Waals surface area contributed by atoms with Gasteiger partial charge in [0.2, 0.25) is 0 Å². The van der Waals surface area contributed by atoms with Gasteiger partial charge in [0.05, 0.1) is 0 Å². The number of ketones is 1. The van der Waals surface area contributed by atoms with Crippen molar-refractivity contribution in [3.63, 3.8) is 0 Å². The van der Waals surface area contributed by atoms with Crippen molar-refractivity contribution in [1.29, 1.82) is 0 Å². The van der Waals surface area contributed by atoms with Gasteiger partial charge in [-0.05, 0) is 25.7 Å². The molecule has 0 aliphatic rings. The van der Waals surface area contributed by atoms with Crippen LogP contribution in [0.4, 0.5) is 0 Å². The van der Waals surface area contributed by atoms with Crippen molar-refractivity contribution in [3.05, 3.63) is 0 Å². The molecule has 0 amide bonds. The second-order valence-corrected chi connectivity index (χ2v) is 16.2. The summed E-state index contributed by atoms with van der Waals surface area (Å²) >= 11 is 0.